The molecule has 4 rings (SSSR count). The first kappa shape index (κ1) is 24.9. The van der Waals surface area contributed by atoms with Crippen molar-refractivity contribution >= 4 is 39.1 Å². The lowest BCUT2D eigenvalue weighted by molar-refractivity contribution is -0.129. The second-order valence-corrected chi connectivity index (χ2v) is 11.1. The van der Waals surface area contributed by atoms with Crippen molar-refractivity contribution in [1.82, 2.24) is 9.21 Å². The van der Waals surface area contributed by atoms with E-state index in [0.717, 1.165) is 12.8 Å². The summed E-state index contributed by atoms with van der Waals surface area (Å²) in [4.78, 5) is 39.1. The minimum absolute atomic E-state index is 0.0196. The molecule has 0 aromatic heterocycles. The molecular weight excluding hydrogens is 468 g/mol. The van der Waals surface area contributed by atoms with Gasteiger partial charge in [0.15, 0.2) is 0 Å². The van der Waals surface area contributed by atoms with Gasteiger partial charge < -0.3 is 15.5 Å². The van der Waals surface area contributed by atoms with Crippen molar-refractivity contribution in [3.8, 4) is 0 Å². The fraction of sp³-hybridized carbons (Fsp3) is 0.400. The van der Waals surface area contributed by atoms with Crippen LogP contribution in [0.25, 0.3) is 0 Å². The Balaban J connectivity index is 1.33. The molecule has 2 aromatic carbocycles. The van der Waals surface area contributed by atoms with Gasteiger partial charge in [0.25, 0.3) is 5.91 Å². The van der Waals surface area contributed by atoms with Crippen LogP contribution in [0.1, 0.15) is 43.5 Å². The molecule has 2 aliphatic rings. The average molecular weight is 499 g/mol. The zero-order valence-electron chi connectivity index (χ0n) is 19.9. The molecule has 0 aliphatic carbocycles. The van der Waals surface area contributed by atoms with Gasteiger partial charge in [-0.2, -0.15) is 4.31 Å². The molecule has 0 spiro atoms. The number of nitrogens with one attached hydrogen (secondary N) is 2. The molecule has 2 fully saturated rings. The molecule has 3 amide bonds. The second kappa shape index (κ2) is 10.2. The highest BCUT2D eigenvalue weighted by molar-refractivity contribution is 7.89. The number of nitrogens with zero attached hydrogens (tertiary/aromatic N) is 2. The van der Waals surface area contributed by atoms with Crippen LogP contribution in [0.15, 0.2) is 53.4 Å². The number of hydrogen-bond donors (Lipinski definition) is 2. The van der Waals surface area contributed by atoms with E-state index >= 15 is 0 Å². The van der Waals surface area contributed by atoms with Gasteiger partial charge in [-0.05, 0) is 75.2 Å². The summed E-state index contributed by atoms with van der Waals surface area (Å²) in [6, 6.07) is 12.6. The Morgan fingerprint density at radius 3 is 2.06 bits per heavy atom. The SMILES string of the molecule is CC(C)N1CC(C(=O)Nc2ccc(C(=O)Nc3ccc(S(=O)(=O)N4CCCC4)cc3)cc2)CC1=O. The molecule has 0 saturated carbocycles. The van der Waals surface area contributed by atoms with Crippen molar-refractivity contribution in [3.63, 3.8) is 0 Å². The van der Waals surface area contributed by atoms with Gasteiger partial charge in [0, 0.05) is 49.0 Å². The summed E-state index contributed by atoms with van der Waals surface area (Å²) in [5, 5.41) is 5.57. The maximum Gasteiger partial charge on any atom is 0.255 e. The highest BCUT2D eigenvalue weighted by Gasteiger charge is 2.35. The highest BCUT2D eigenvalue weighted by atomic mass is 32.2. The van der Waals surface area contributed by atoms with Crippen LogP contribution in [-0.2, 0) is 19.6 Å². The predicted molar refractivity (Wildman–Crippen MR) is 132 cm³/mol. The summed E-state index contributed by atoms with van der Waals surface area (Å²) >= 11 is 0. The molecule has 2 aromatic rings. The van der Waals surface area contributed by atoms with E-state index in [1.807, 2.05) is 13.8 Å². The van der Waals surface area contributed by atoms with E-state index in [9.17, 15) is 22.8 Å². The first-order chi connectivity index (χ1) is 16.6. The molecular formula is C25H30N4O5S. The first-order valence-electron chi connectivity index (χ1n) is 11.8. The van der Waals surface area contributed by atoms with Gasteiger partial charge in [-0.3, -0.25) is 14.4 Å². The molecule has 35 heavy (non-hydrogen) atoms. The van der Waals surface area contributed by atoms with Gasteiger partial charge in [-0.15, -0.1) is 0 Å². The third-order valence-corrected chi connectivity index (χ3v) is 8.30. The summed E-state index contributed by atoms with van der Waals surface area (Å²) in [7, 11) is -3.50. The summed E-state index contributed by atoms with van der Waals surface area (Å²) in [5.41, 5.74) is 1.41. The quantitative estimate of drug-likeness (QED) is 0.609. The van der Waals surface area contributed by atoms with Crippen LogP contribution in [0.5, 0.6) is 0 Å². The van der Waals surface area contributed by atoms with Gasteiger partial charge in [0.1, 0.15) is 0 Å². The monoisotopic (exact) mass is 498 g/mol. The van der Waals surface area contributed by atoms with Crippen molar-refractivity contribution in [2.45, 2.75) is 44.0 Å². The van der Waals surface area contributed by atoms with Crippen LogP contribution in [0.2, 0.25) is 0 Å². The Morgan fingerprint density at radius 1 is 0.914 bits per heavy atom. The number of hydrogen-bond acceptors (Lipinski definition) is 5. The molecule has 0 bridgehead atoms. The second-order valence-electron chi connectivity index (χ2n) is 9.20. The molecule has 2 heterocycles. The predicted octanol–water partition coefficient (Wildman–Crippen LogP) is 2.92. The molecule has 2 N–H and O–H groups in total. The summed E-state index contributed by atoms with van der Waals surface area (Å²) in [6.07, 6.45) is 1.93. The third kappa shape index (κ3) is 5.54. The molecule has 0 radical (unpaired) electrons. The fourth-order valence-electron chi connectivity index (χ4n) is 4.35. The molecule has 2 aliphatic heterocycles. The first-order valence-corrected chi connectivity index (χ1v) is 13.2. The molecule has 1 atom stereocenters. The van der Waals surface area contributed by atoms with Crippen molar-refractivity contribution in [2.75, 3.05) is 30.3 Å². The largest absolute Gasteiger partial charge is 0.339 e. The van der Waals surface area contributed by atoms with Crippen molar-refractivity contribution in [1.29, 1.82) is 0 Å². The number of amides is 3. The van der Waals surface area contributed by atoms with E-state index in [4.69, 9.17) is 0 Å². The number of rotatable bonds is 7. The number of carbonyl (C=O) groups is 3. The van der Waals surface area contributed by atoms with E-state index in [0.29, 0.717) is 36.6 Å². The number of carbonyl (C=O) groups excluding carboxylic acids is 3. The van der Waals surface area contributed by atoms with Crippen LogP contribution in [-0.4, -0.2) is 61.0 Å². The fourth-order valence-corrected chi connectivity index (χ4v) is 5.86. The maximum absolute atomic E-state index is 12.6. The molecule has 186 valence electrons. The van der Waals surface area contributed by atoms with Gasteiger partial charge in [0.2, 0.25) is 21.8 Å². The molecule has 1 unspecified atom stereocenters. The van der Waals surface area contributed by atoms with Crippen LogP contribution in [0.4, 0.5) is 11.4 Å². The normalized spacial score (nSPS) is 18.8. The zero-order chi connectivity index (χ0) is 25.2. The Hall–Kier alpha value is -3.24. The highest BCUT2D eigenvalue weighted by Crippen LogP contribution is 2.24. The van der Waals surface area contributed by atoms with Crippen LogP contribution < -0.4 is 10.6 Å². The van der Waals surface area contributed by atoms with E-state index in [1.165, 1.54) is 16.4 Å². The van der Waals surface area contributed by atoms with Gasteiger partial charge in [-0.25, -0.2) is 8.42 Å². The molecule has 10 heteroatoms. The standard InChI is InChI=1S/C25H30N4O5S/c1-17(2)29-16-19(15-23(29)30)25(32)27-20-7-5-18(6-8-20)24(31)26-21-9-11-22(12-10-21)35(33,34)28-13-3-4-14-28/h5-12,17,19H,3-4,13-16H2,1-2H3,(H,26,31)(H,27,32). The third-order valence-electron chi connectivity index (χ3n) is 6.38. The summed E-state index contributed by atoms with van der Waals surface area (Å²) < 4.78 is 26.7. The Morgan fingerprint density at radius 2 is 1.49 bits per heavy atom. The minimum atomic E-state index is -3.50. The van der Waals surface area contributed by atoms with Crippen LogP contribution in [0, 0.1) is 5.92 Å². The lowest BCUT2D eigenvalue weighted by Crippen LogP contribution is -2.33. The summed E-state index contributed by atoms with van der Waals surface area (Å²) in [5.74, 6) is -0.992. The number of likely N-dealkylation sites (tertiary alicyclic amines) is 1. The Kier molecular flexibility index (Phi) is 7.23. The lowest BCUT2D eigenvalue weighted by Gasteiger charge is -2.20. The lowest BCUT2D eigenvalue weighted by atomic mass is 10.1. The van der Waals surface area contributed by atoms with Crippen LogP contribution >= 0.6 is 0 Å². The van der Waals surface area contributed by atoms with Crippen molar-refractivity contribution in [2.24, 2.45) is 5.92 Å². The van der Waals surface area contributed by atoms with Crippen molar-refractivity contribution < 1.29 is 22.8 Å². The van der Waals surface area contributed by atoms with Crippen molar-refractivity contribution in [3.05, 3.63) is 54.1 Å². The Bertz CT molecular complexity index is 1200. The Labute approximate surface area is 205 Å². The molecule has 9 nitrogen and oxygen atoms in total. The number of sulfonamides is 1. The number of benzene rings is 2. The topological polar surface area (TPSA) is 116 Å². The van der Waals surface area contributed by atoms with E-state index < -0.39 is 15.9 Å². The van der Waals surface area contributed by atoms with Gasteiger partial charge >= 0.3 is 0 Å². The van der Waals surface area contributed by atoms with E-state index in [-0.39, 0.29) is 35.1 Å². The van der Waals surface area contributed by atoms with Crippen LogP contribution in [0.3, 0.4) is 0 Å². The minimum Gasteiger partial charge on any atom is -0.339 e. The van der Waals surface area contributed by atoms with Gasteiger partial charge in [0.05, 0.1) is 10.8 Å². The zero-order valence-corrected chi connectivity index (χ0v) is 20.7. The van der Waals surface area contributed by atoms with E-state index in [2.05, 4.69) is 10.6 Å². The smallest absolute Gasteiger partial charge is 0.255 e. The van der Waals surface area contributed by atoms with E-state index in [1.54, 1.807) is 41.3 Å². The van der Waals surface area contributed by atoms with Gasteiger partial charge in [-0.1, -0.05) is 0 Å². The number of anilines is 2. The maximum atomic E-state index is 12.6. The molecule has 2 saturated heterocycles. The summed E-state index contributed by atoms with van der Waals surface area (Å²) in [6.45, 7) is 5.32. The average Bonchev–Trinajstić information content (AvgIpc) is 3.50.